The van der Waals surface area contributed by atoms with Crippen molar-refractivity contribution in [1.29, 1.82) is 0 Å². The number of aromatic nitrogens is 3. The highest BCUT2D eigenvalue weighted by atomic mass is 32.2. The number of benzene rings is 2. The molecule has 2 amide bonds. The molecule has 0 spiro atoms. The van der Waals surface area contributed by atoms with Crippen LogP contribution in [0.4, 0.5) is 0 Å². The Bertz CT molecular complexity index is 1590. The number of para-hydroxylation sites is 2. The third kappa shape index (κ3) is 5.75. The topological polar surface area (TPSA) is 166 Å². The summed E-state index contributed by atoms with van der Waals surface area (Å²) in [5, 5.41) is 15.7. The highest BCUT2D eigenvalue weighted by Crippen LogP contribution is 2.22. The standard InChI is InChI=1S/C25H25N5O6S/c1-14(31)27-13-37-12-20(24(34)35)28-22(32)21(10-15-11-26-18-8-4-2-6-16(15)18)30-23(33)17-7-3-5-9-19(17)29-25(30)36/h2-9,11,20-21,26H,10,12-13H2,1H3,(H,27,31)(H,28,32)(H,29,36)(H,34,35)/t20-,21-/m0/s1. The second kappa shape index (κ2) is 11.2. The summed E-state index contributed by atoms with van der Waals surface area (Å²) in [6, 6.07) is 11.2. The Morgan fingerprint density at radius 3 is 2.41 bits per heavy atom. The first-order valence-electron chi connectivity index (χ1n) is 11.4. The van der Waals surface area contributed by atoms with E-state index in [1.807, 2.05) is 24.3 Å². The first-order valence-corrected chi connectivity index (χ1v) is 12.6. The van der Waals surface area contributed by atoms with Crippen molar-refractivity contribution in [3.63, 3.8) is 0 Å². The van der Waals surface area contributed by atoms with Gasteiger partial charge in [0, 0.05) is 36.2 Å². The van der Waals surface area contributed by atoms with Gasteiger partial charge < -0.3 is 25.7 Å². The predicted octanol–water partition coefficient (Wildman–Crippen LogP) is 1.35. The van der Waals surface area contributed by atoms with Crippen molar-refractivity contribution in [2.24, 2.45) is 0 Å². The van der Waals surface area contributed by atoms with Crippen molar-refractivity contribution in [1.82, 2.24) is 25.2 Å². The minimum absolute atomic E-state index is 0.0376. The summed E-state index contributed by atoms with van der Waals surface area (Å²) in [7, 11) is 0. The number of carboxylic acids is 1. The normalized spacial score (nSPS) is 12.8. The maximum atomic E-state index is 13.5. The van der Waals surface area contributed by atoms with Crippen LogP contribution in [0.3, 0.4) is 0 Å². The number of nitrogens with one attached hydrogen (secondary N) is 4. The van der Waals surface area contributed by atoms with Crippen LogP contribution < -0.4 is 21.9 Å². The molecule has 0 aliphatic rings. The Hall–Kier alpha value is -4.32. The molecule has 0 fully saturated rings. The second-order valence-corrected chi connectivity index (χ2v) is 9.41. The fourth-order valence-corrected chi connectivity index (χ4v) is 4.93. The number of carbonyl (C=O) groups excluding carboxylic acids is 2. The van der Waals surface area contributed by atoms with Crippen LogP contribution in [0.25, 0.3) is 21.8 Å². The van der Waals surface area contributed by atoms with E-state index in [2.05, 4.69) is 20.6 Å². The number of aromatic amines is 2. The fraction of sp³-hybridized carbons (Fsp3) is 0.240. The summed E-state index contributed by atoms with van der Waals surface area (Å²) in [6.07, 6.45) is 1.66. The van der Waals surface area contributed by atoms with Gasteiger partial charge in [0.2, 0.25) is 11.8 Å². The van der Waals surface area contributed by atoms with E-state index in [0.29, 0.717) is 11.1 Å². The summed E-state index contributed by atoms with van der Waals surface area (Å²) in [5.74, 6) is -2.21. The Labute approximate surface area is 214 Å². The molecular weight excluding hydrogens is 498 g/mol. The lowest BCUT2D eigenvalue weighted by Crippen LogP contribution is -2.50. The highest BCUT2D eigenvalue weighted by Gasteiger charge is 2.30. The van der Waals surface area contributed by atoms with Gasteiger partial charge in [-0.1, -0.05) is 30.3 Å². The van der Waals surface area contributed by atoms with E-state index in [9.17, 15) is 29.1 Å². The van der Waals surface area contributed by atoms with Crippen LogP contribution in [0.5, 0.6) is 0 Å². The maximum Gasteiger partial charge on any atom is 0.329 e. The lowest BCUT2D eigenvalue weighted by Gasteiger charge is -2.22. The number of nitrogens with zero attached hydrogens (tertiary/aromatic N) is 1. The number of hydrogen-bond donors (Lipinski definition) is 5. The van der Waals surface area contributed by atoms with Crippen LogP contribution in [0, 0.1) is 0 Å². The van der Waals surface area contributed by atoms with E-state index in [4.69, 9.17) is 0 Å². The van der Waals surface area contributed by atoms with E-state index in [1.54, 1.807) is 30.5 Å². The average molecular weight is 524 g/mol. The predicted molar refractivity (Wildman–Crippen MR) is 141 cm³/mol. The van der Waals surface area contributed by atoms with Crippen LogP contribution >= 0.6 is 11.8 Å². The van der Waals surface area contributed by atoms with Crippen molar-refractivity contribution in [2.45, 2.75) is 25.4 Å². The van der Waals surface area contributed by atoms with Crippen molar-refractivity contribution >= 4 is 51.4 Å². The van der Waals surface area contributed by atoms with Crippen molar-refractivity contribution in [2.75, 3.05) is 11.6 Å². The monoisotopic (exact) mass is 523 g/mol. The van der Waals surface area contributed by atoms with Crippen molar-refractivity contribution in [3.05, 3.63) is 81.1 Å². The molecular formula is C25H25N5O6S. The lowest BCUT2D eigenvalue weighted by molar-refractivity contribution is -0.141. The molecule has 0 unspecified atom stereocenters. The molecule has 5 N–H and O–H groups in total. The van der Waals surface area contributed by atoms with Crippen LogP contribution in [-0.4, -0.2) is 55.1 Å². The van der Waals surface area contributed by atoms with Crippen LogP contribution in [-0.2, 0) is 20.8 Å². The Balaban J connectivity index is 1.71. The molecule has 4 aromatic rings. The van der Waals surface area contributed by atoms with Crippen LogP contribution in [0.15, 0.2) is 64.3 Å². The molecule has 11 nitrogen and oxygen atoms in total. The number of H-pyrrole nitrogens is 2. The molecule has 2 aromatic carbocycles. The number of amides is 2. The largest absolute Gasteiger partial charge is 0.480 e. The van der Waals surface area contributed by atoms with E-state index < -0.39 is 35.2 Å². The SMILES string of the molecule is CC(=O)NCSC[C@H](NC(=O)[C@H](Cc1c[nH]c2ccccc12)n1c(=O)[nH]c2ccccc2c1=O)C(=O)O. The molecule has 0 aliphatic heterocycles. The molecule has 0 saturated heterocycles. The van der Waals surface area contributed by atoms with Gasteiger partial charge in [-0.2, -0.15) is 0 Å². The lowest BCUT2D eigenvalue weighted by atomic mass is 10.0. The number of carboxylic acid groups (broad SMARTS) is 1. The number of rotatable bonds is 10. The molecule has 12 heteroatoms. The number of hydrogen-bond acceptors (Lipinski definition) is 6. The maximum absolute atomic E-state index is 13.5. The van der Waals surface area contributed by atoms with Gasteiger partial charge in [-0.25, -0.2) is 14.2 Å². The molecule has 2 aromatic heterocycles. The van der Waals surface area contributed by atoms with Gasteiger partial charge in [0.1, 0.15) is 12.1 Å². The number of carbonyl (C=O) groups is 3. The molecule has 0 aliphatic carbocycles. The van der Waals surface area contributed by atoms with E-state index in [1.165, 1.54) is 6.92 Å². The highest BCUT2D eigenvalue weighted by molar-refractivity contribution is 7.99. The van der Waals surface area contributed by atoms with Gasteiger partial charge in [-0.3, -0.25) is 14.4 Å². The smallest absolute Gasteiger partial charge is 0.329 e. The molecule has 0 bridgehead atoms. The second-order valence-electron chi connectivity index (χ2n) is 8.38. The van der Waals surface area contributed by atoms with Crippen LogP contribution in [0.1, 0.15) is 18.5 Å². The van der Waals surface area contributed by atoms with Crippen molar-refractivity contribution < 1.29 is 19.5 Å². The summed E-state index contributed by atoms with van der Waals surface area (Å²) < 4.78 is 0.836. The summed E-state index contributed by atoms with van der Waals surface area (Å²) in [4.78, 5) is 68.6. The van der Waals surface area contributed by atoms with E-state index >= 15 is 0 Å². The first-order chi connectivity index (χ1) is 17.8. The van der Waals surface area contributed by atoms with Crippen molar-refractivity contribution in [3.8, 4) is 0 Å². The van der Waals surface area contributed by atoms with E-state index in [-0.39, 0.29) is 29.3 Å². The summed E-state index contributed by atoms with van der Waals surface area (Å²) >= 11 is 1.11. The molecule has 4 rings (SSSR count). The van der Waals surface area contributed by atoms with Gasteiger partial charge in [0.15, 0.2) is 0 Å². The van der Waals surface area contributed by atoms with Gasteiger partial charge in [-0.15, -0.1) is 11.8 Å². The molecule has 2 heterocycles. The Morgan fingerprint density at radius 1 is 1.03 bits per heavy atom. The minimum Gasteiger partial charge on any atom is -0.480 e. The first kappa shape index (κ1) is 25.8. The molecule has 0 saturated carbocycles. The Morgan fingerprint density at radius 2 is 1.70 bits per heavy atom. The van der Waals surface area contributed by atoms with E-state index in [0.717, 1.165) is 27.2 Å². The minimum atomic E-state index is -1.33. The summed E-state index contributed by atoms with van der Waals surface area (Å²) in [5.41, 5.74) is 0.385. The van der Waals surface area contributed by atoms with Gasteiger partial charge in [0.25, 0.3) is 5.56 Å². The number of thioether (sulfide) groups is 1. The molecule has 37 heavy (non-hydrogen) atoms. The summed E-state index contributed by atoms with van der Waals surface area (Å²) in [6.45, 7) is 1.34. The zero-order valence-electron chi connectivity index (χ0n) is 19.8. The van der Waals surface area contributed by atoms with Gasteiger partial charge >= 0.3 is 11.7 Å². The quantitative estimate of drug-likeness (QED) is 0.155. The number of aliphatic carboxylic acids is 1. The fourth-order valence-electron chi connectivity index (χ4n) is 4.04. The third-order valence-electron chi connectivity index (χ3n) is 5.86. The van der Waals surface area contributed by atoms with Crippen LogP contribution in [0.2, 0.25) is 0 Å². The molecule has 192 valence electrons. The average Bonchev–Trinajstić information content (AvgIpc) is 3.27. The molecule has 2 atom stereocenters. The zero-order valence-corrected chi connectivity index (χ0v) is 20.6. The Kier molecular flexibility index (Phi) is 7.77. The zero-order chi connectivity index (χ0) is 26.5. The third-order valence-corrected chi connectivity index (χ3v) is 6.78. The number of fused-ring (bicyclic) bond motifs is 2. The van der Waals surface area contributed by atoms with Gasteiger partial charge in [0.05, 0.1) is 16.8 Å². The molecule has 0 radical (unpaired) electrons. The van der Waals surface area contributed by atoms with Gasteiger partial charge in [-0.05, 0) is 23.8 Å².